The molecule has 0 bridgehead atoms. The lowest BCUT2D eigenvalue weighted by Crippen LogP contribution is -2.33. The summed E-state index contributed by atoms with van der Waals surface area (Å²) in [5, 5.41) is 13.1. The van der Waals surface area contributed by atoms with E-state index in [2.05, 4.69) is 19.2 Å². The Labute approximate surface area is 127 Å². The fraction of sp³-hybridized carbons (Fsp3) is 0.588. The zero-order valence-corrected chi connectivity index (χ0v) is 13.1. The molecule has 0 spiro atoms. The lowest BCUT2D eigenvalue weighted by atomic mass is 9.83. The van der Waals surface area contributed by atoms with Crippen LogP contribution in [0.4, 0.5) is 11.4 Å². The van der Waals surface area contributed by atoms with Crippen LogP contribution < -0.4 is 10.2 Å². The lowest BCUT2D eigenvalue weighted by Gasteiger charge is -2.31. The molecule has 0 aromatic heterocycles. The smallest absolute Gasteiger partial charge is 0.227 e. The van der Waals surface area contributed by atoms with Crippen LogP contribution in [0.25, 0.3) is 0 Å². The number of nitrogens with zero attached hydrogens (tertiary/aromatic N) is 1. The van der Waals surface area contributed by atoms with E-state index in [1.165, 1.54) is 0 Å². The largest absolute Gasteiger partial charge is 0.396 e. The third-order valence-electron chi connectivity index (χ3n) is 4.76. The normalized spacial score (nSPS) is 15.6. The van der Waals surface area contributed by atoms with E-state index in [1.54, 1.807) is 0 Å². The monoisotopic (exact) mass is 290 g/mol. The summed E-state index contributed by atoms with van der Waals surface area (Å²) in [5.74, 6) is 0.198. The first-order valence-corrected chi connectivity index (χ1v) is 7.90. The quantitative estimate of drug-likeness (QED) is 0.811. The van der Waals surface area contributed by atoms with Gasteiger partial charge in [-0.05, 0) is 31.4 Å². The number of nitrogens with one attached hydrogen (secondary N) is 1. The number of aliphatic hydroxyl groups excluding tert-OH is 1. The Bertz CT molecular complexity index is 475. The number of carbonyl (C=O) groups excluding carboxylic acids is 1. The Kier molecular flexibility index (Phi) is 5.23. The predicted octanol–water partition coefficient (Wildman–Crippen LogP) is 3.02. The summed E-state index contributed by atoms with van der Waals surface area (Å²) in [7, 11) is 0. The summed E-state index contributed by atoms with van der Waals surface area (Å²) < 4.78 is 0. The molecule has 1 saturated heterocycles. The van der Waals surface area contributed by atoms with Crippen LogP contribution in [-0.4, -0.2) is 30.7 Å². The number of amides is 1. The van der Waals surface area contributed by atoms with Crippen LogP contribution in [0, 0.1) is 5.41 Å². The van der Waals surface area contributed by atoms with Crippen LogP contribution in [0.3, 0.4) is 0 Å². The Balaban J connectivity index is 2.15. The van der Waals surface area contributed by atoms with Gasteiger partial charge in [0.05, 0.1) is 18.0 Å². The Morgan fingerprint density at radius 2 is 2.00 bits per heavy atom. The van der Waals surface area contributed by atoms with E-state index in [0.29, 0.717) is 6.42 Å². The van der Waals surface area contributed by atoms with Gasteiger partial charge < -0.3 is 15.3 Å². The van der Waals surface area contributed by atoms with Crippen molar-refractivity contribution in [2.45, 2.75) is 39.5 Å². The number of hydrogen-bond acceptors (Lipinski definition) is 3. The van der Waals surface area contributed by atoms with Crippen LogP contribution in [0.15, 0.2) is 24.3 Å². The van der Waals surface area contributed by atoms with Crippen LogP contribution in [0.5, 0.6) is 0 Å². The molecule has 21 heavy (non-hydrogen) atoms. The molecule has 2 N–H and O–H groups in total. The molecule has 116 valence electrons. The molecule has 4 nitrogen and oxygen atoms in total. The van der Waals surface area contributed by atoms with Gasteiger partial charge in [-0.1, -0.05) is 26.0 Å². The minimum atomic E-state index is -0.0951. The van der Waals surface area contributed by atoms with Gasteiger partial charge >= 0.3 is 0 Å². The Morgan fingerprint density at radius 1 is 1.29 bits per heavy atom. The molecule has 0 aliphatic carbocycles. The summed E-state index contributed by atoms with van der Waals surface area (Å²) in [6.07, 6.45) is 3.42. The number of rotatable bonds is 7. The van der Waals surface area contributed by atoms with Gasteiger partial charge in [0.15, 0.2) is 0 Å². The average Bonchev–Trinajstić information content (AvgIpc) is 2.95. The van der Waals surface area contributed by atoms with E-state index in [9.17, 15) is 9.90 Å². The summed E-state index contributed by atoms with van der Waals surface area (Å²) in [5.41, 5.74) is 1.84. The molecule has 0 atom stereocenters. The first kappa shape index (κ1) is 15.8. The maximum Gasteiger partial charge on any atom is 0.227 e. The second-order valence-electron chi connectivity index (χ2n) is 5.88. The van der Waals surface area contributed by atoms with Gasteiger partial charge in [0.1, 0.15) is 0 Å². The van der Waals surface area contributed by atoms with E-state index in [1.807, 2.05) is 29.2 Å². The van der Waals surface area contributed by atoms with E-state index >= 15 is 0 Å². The molecule has 0 saturated carbocycles. The molecule has 1 aromatic carbocycles. The highest BCUT2D eigenvalue weighted by Crippen LogP contribution is 2.32. The molecular weight excluding hydrogens is 264 g/mol. The van der Waals surface area contributed by atoms with Crippen molar-refractivity contribution in [3.63, 3.8) is 0 Å². The first-order valence-electron chi connectivity index (χ1n) is 7.90. The fourth-order valence-electron chi connectivity index (χ4n) is 2.82. The van der Waals surface area contributed by atoms with Crippen molar-refractivity contribution in [1.29, 1.82) is 0 Å². The van der Waals surface area contributed by atoms with Gasteiger partial charge in [-0.2, -0.15) is 0 Å². The summed E-state index contributed by atoms with van der Waals surface area (Å²) >= 11 is 0. The van der Waals surface area contributed by atoms with E-state index in [4.69, 9.17) is 0 Å². The predicted molar refractivity (Wildman–Crippen MR) is 86.6 cm³/mol. The standard InChI is InChI=1S/C17H26N2O2/c1-3-17(4-2,13-20)12-18-14-8-5-6-9-15(14)19-11-7-10-16(19)21/h5-6,8-9,18,20H,3-4,7,10-13H2,1-2H3. The van der Waals surface area contributed by atoms with E-state index < -0.39 is 0 Å². The van der Waals surface area contributed by atoms with Crippen LogP contribution in [0.2, 0.25) is 0 Å². The summed E-state index contributed by atoms with van der Waals surface area (Å²) in [6, 6.07) is 7.94. The highest BCUT2D eigenvalue weighted by molar-refractivity contribution is 5.98. The van der Waals surface area contributed by atoms with Gasteiger partial charge in [-0.3, -0.25) is 4.79 Å². The minimum absolute atomic E-state index is 0.0951. The molecule has 0 radical (unpaired) electrons. The molecule has 1 fully saturated rings. The molecule has 1 amide bonds. The SMILES string of the molecule is CCC(CC)(CO)CNc1ccccc1N1CCCC1=O. The zero-order valence-electron chi connectivity index (χ0n) is 13.1. The number of anilines is 2. The molecule has 1 aromatic rings. The van der Waals surface area contributed by atoms with Crippen molar-refractivity contribution in [3.05, 3.63) is 24.3 Å². The Hall–Kier alpha value is -1.55. The average molecular weight is 290 g/mol. The third kappa shape index (κ3) is 3.38. The second-order valence-corrected chi connectivity index (χ2v) is 5.88. The van der Waals surface area contributed by atoms with Crippen LogP contribution >= 0.6 is 0 Å². The lowest BCUT2D eigenvalue weighted by molar-refractivity contribution is -0.117. The summed E-state index contributed by atoms with van der Waals surface area (Å²) in [6.45, 7) is 5.91. The molecule has 1 heterocycles. The molecule has 4 heteroatoms. The van der Waals surface area contributed by atoms with Gasteiger partial charge in [0.2, 0.25) is 5.91 Å². The van der Waals surface area contributed by atoms with Crippen molar-refractivity contribution in [1.82, 2.24) is 0 Å². The molecular formula is C17H26N2O2. The number of benzene rings is 1. The number of para-hydroxylation sites is 2. The van der Waals surface area contributed by atoms with E-state index in [0.717, 1.165) is 43.7 Å². The van der Waals surface area contributed by atoms with Crippen molar-refractivity contribution < 1.29 is 9.90 Å². The number of aliphatic hydroxyl groups is 1. The van der Waals surface area contributed by atoms with Gasteiger partial charge in [-0.15, -0.1) is 0 Å². The third-order valence-corrected chi connectivity index (χ3v) is 4.76. The number of hydrogen-bond donors (Lipinski definition) is 2. The topological polar surface area (TPSA) is 52.6 Å². The van der Waals surface area contributed by atoms with Gasteiger partial charge in [0, 0.05) is 24.9 Å². The zero-order chi connectivity index (χ0) is 15.3. The maximum absolute atomic E-state index is 12.0. The fourth-order valence-corrected chi connectivity index (χ4v) is 2.82. The Morgan fingerprint density at radius 3 is 2.57 bits per heavy atom. The molecule has 1 aliphatic heterocycles. The molecule has 2 rings (SSSR count). The van der Waals surface area contributed by atoms with Crippen molar-refractivity contribution in [2.75, 3.05) is 29.9 Å². The van der Waals surface area contributed by atoms with E-state index in [-0.39, 0.29) is 17.9 Å². The van der Waals surface area contributed by atoms with Crippen molar-refractivity contribution in [3.8, 4) is 0 Å². The molecule has 0 unspecified atom stereocenters. The summed E-state index contributed by atoms with van der Waals surface area (Å²) in [4.78, 5) is 13.8. The van der Waals surface area contributed by atoms with Gasteiger partial charge in [0.25, 0.3) is 0 Å². The highest BCUT2D eigenvalue weighted by Gasteiger charge is 2.27. The minimum Gasteiger partial charge on any atom is -0.396 e. The van der Waals surface area contributed by atoms with Gasteiger partial charge in [-0.25, -0.2) is 0 Å². The molecule has 1 aliphatic rings. The number of carbonyl (C=O) groups is 1. The van der Waals surface area contributed by atoms with Crippen LogP contribution in [0.1, 0.15) is 39.5 Å². The van der Waals surface area contributed by atoms with Crippen LogP contribution in [-0.2, 0) is 4.79 Å². The highest BCUT2D eigenvalue weighted by atomic mass is 16.3. The van der Waals surface area contributed by atoms with Crippen molar-refractivity contribution >= 4 is 17.3 Å². The second kappa shape index (κ2) is 6.94. The first-order chi connectivity index (χ1) is 10.2. The maximum atomic E-state index is 12.0. The van der Waals surface area contributed by atoms with Crippen molar-refractivity contribution in [2.24, 2.45) is 5.41 Å².